The second kappa shape index (κ2) is 5.95. The van der Waals surface area contributed by atoms with E-state index in [-0.39, 0.29) is 5.92 Å². The van der Waals surface area contributed by atoms with Gasteiger partial charge in [-0.1, -0.05) is 37.0 Å². The molecule has 1 fully saturated rings. The average Bonchev–Trinajstić information content (AvgIpc) is 2.74. The summed E-state index contributed by atoms with van der Waals surface area (Å²) in [6.45, 7) is 10.5. The zero-order valence-electron chi connectivity index (χ0n) is 13.0. The van der Waals surface area contributed by atoms with Crippen molar-refractivity contribution >= 4 is 20.0 Å². The Morgan fingerprint density at radius 2 is 1.75 bits per heavy atom. The van der Waals surface area contributed by atoms with E-state index in [1.807, 2.05) is 0 Å². The van der Waals surface area contributed by atoms with Crippen LogP contribution in [0.3, 0.4) is 0 Å². The molecule has 20 heavy (non-hydrogen) atoms. The van der Waals surface area contributed by atoms with Crippen LogP contribution in [0.4, 0.5) is 0 Å². The van der Waals surface area contributed by atoms with Gasteiger partial charge >= 0.3 is 11.9 Å². The summed E-state index contributed by atoms with van der Waals surface area (Å²) in [4.78, 5) is 24.3. The molecule has 0 bridgehead atoms. The lowest BCUT2D eigenvalue weighted by Crippen LogP contribution is -2.39. The Hall–Kier alpha value is -1.36. The molecule has 1 rings (SSSR count). The van der Waals surface area contributed by atoms with Crippen molar-refractivity contribution in [1.29, 1.82) is 0 Å². The summed E-state index contributed by atoms with van der Waals surface area (Å²) in [6.07, 6.45) is 2.55. The first-order chi connectivity index (χ1) is 9.20. The van der Waals surface area contributed by atoms with Gasteiger partial charge in [-0.05, 0) is 18.8 Å². The van der Waals surface area contributed by atoms with Crippen LogP contribution in [0.5, 0.6) is 0 Å². The van der Waals surface area contributed by atoms with E-state index in [2.05, 4.69) is 31.9 Å². The molecule has 5 heteroatoms. The fourth-order valence-corrected chi connectivity index (χ4v) is 4.22. The van der Waals surface area contributed by atoms with Gasteiger partial charge in [-0.2, -0.15) is 0 Å². The van der Waals surface area contributed by atoms with Gasteiger partial charge in [0.05, 0.1) is 22.3 Å². The quantitative estimate of drug-likeness (QED) is 0.346. The minimum absolute atomic E-state index is 0.0277. The van der Waals surface area contributed by atoms with Crippen LogP contribution in [-0.4, -0.2) is 34.2 Å². The summed E-state index contributed by atoms with van der Waals surface area (Å²) in [6, 6.07) is 0. The van der Waals surface area contributed by atoms with Crippen LogP contribution in [0.15, 0.2) is 23.9 Å². The minimum Gasteiger partial charge on any atom is -0.468 e. The van der Waals surface area contributed by atoms with Gasteiger partial charge < -0.3 is 9.47 Å². The van der Waals surface area contributed by atoms with E-state index < -0.39 is 25.4 Å². The molecule has 4 nitrogen and oxygen atoms in total. The lowest BCUT2D eigenvalue weighted by atomic mass is 9.85. The molecule has 1 aliphatic rings. The van der Waals surface area contributed by atoms with Gasteiger partial charge in [0, 0.05) is 0 Å². The highest BCUT2D eigenvalue weighted by atomic mass is 28.3. The van der Waals surface area contributed by atoms with E-state index in [9.17, 15) is 9.59 Å². The van der Waals surface area contributed by atoms with Gasteiger partial charge in [-0.15, -0.1) is 6.58 Å². The van der Waals surface area contributed by atoms with Gasteiger partial charge in [0.2, 0.25) is 0 Å². The summed E-state index contributed by atoms with van der Waals surface area (Å²) in [5.74, 6) is -1.01. The van der Waals surface area contributed by atoms with Crippen molar-refractivity contribution in [2.45, 2.75) is 32.5 Å². The van der Waals surface area contributed by atoms with Crippen molar-refractivity contribution in [2.24, 2.45) is 11.3 Å². The highest BCUT2D eigenvalue weighted by Crippen LogP contribution is 2.48. The van der Waals surface area contributed by atoms with Crippen LogP contribution in [-0.2, 0) is 19.1 Å². The van der Waals surface area contributed by atoms with Crippen LogP contribution in [0, 0.1) is 11.3 Å². The van der Waals surface area contributed by atoms with E-state index >= 15 is 0 Å². The lowest BCUT2D eigenvalue weighted by Gasteiger charge is -2.22. The van der Waals surface area contributed by atoms with Crippen LogP contribution < -0.4 is 0 Å². The molecule has 1 aliphatic carbocycles. The standard InChI is InChI=1S/C15H24O4Si/c1-7-11-8-15(13(16)18-2,14(17)19-3)9-12(11)10-20(4,5)6/h7,10-11H,1,8-9H2,2-6H3/b12-10+. The topological polar surface area (TPSA) is 52.6 Å². The number of rotatable bonds is 4. The third kappa shape index (κ3) is 3.20. The average molecular weight is 296 g/mol. The van der Waals surface area contributed by atoms with Crippen molar-refractivity contribution in [3.63, 3.8) is 0 Å². The van der Waals surface area contributed by atoms with Gasteiger partial charge in [-0.3, -0.25) is 9.59 Å². The number of esters is 2. The molecule has 0 spiro atoms. The highest BCUT2D eigenvalue weighted by molar-refractivity contribution is 6.81. The predicted molar refractivity (Wildman–Crippen MR) is 80.8 cm³/mol. The SMILES string of the molecule is C=CC1CC(C(=O)OC)(C(=O)OC)C/C1=C\[Si](C)(C)C. The molecule has 0 N–H and O–H groups in total. The molecule has 0 heterocycles. The first-order valence-electron chi connectivity index (χ1n) is 6.71. The Morgan fingerprint density at radius 3 is 2.10 bits per heavy atom. The molecule has 112 valence electrons. The third-order valence-corrected chi connectivity index (χ3v) is 4.84. The van der Waals surface area contributed by atoms with E-state index in [1.54, 1.807) is 6.08 Å². The maximum Gasteiger partial charge on any atom is 0.323 e. The lowest BCUT2D eigenvalue weighted by molar-refractivity contribution is -0.168. The molecule has 0 aromatic rings. The van der Waals surface area contributed by atoms with Gasteiger partial charge in [0.25, 0.3) is 0 Å². The second-order valence-corrected chi connectivity index (χ2v) is 11.4. The van der Waals surface area contributed by atoms with E-state index in [0.29, 0.717) is 12.8 Å². The molecular weight excluding hydrogens is 272 g/mol. The Kier molecular flexibility index (Phi) is 4.97. The maximum atomic E-state index is 12.1. The van der Waals surface area contributed by atoms with Crippen molar-refractivity contribution in [1.82, 2.24) is 0 Å². The van der Waals surface area contributed by atoms with Gasteiger partial charge in [-0.25, -0.2) is 0 Å². The summed E-state index contributed by atoms with van der Waals surface area (Å²) < 4.78 is 9.68. The van der Waals surface area contributed by atoms with Crippen LogP contribution in [0.1, 0.15) is 12.8 Å². The number of hydrogen-bond acceptors (Lipinski definition) is 4. The molecule has 1 unspecified atom stereocenters. The van der Waals surface area contributed by atoms with Crippen LogP contribution >= 0.6 is 0 Å². The molecular formula is C15H24O4Si. The number of hydrogen-bond donors (Lipinski definition) is 0. The summed E-state index contributed by atoms with van der Waals surface area (Å²) in [5.41, 5.74) is 2.14. The van der Waals surface area contributed by atoms with Crippen LogP contribution in [0.2, 0.25) is 19.6 Å². The smallest absolute Gasteiger partial charge is 0.323 e. The molecule has 0 aromatic heterocycles. The number of allylic oxidation sites excluding steroid dienone is 2. The number of ether oxygens (including phenoxy) is 2. The van der Waals surface area contributed by atoms with Crippen molar-refractivity contribution in [3.05, 3.63) is 23.9 Å². The molecule has 0 saturated heterocycles. The zero-order chi connectivity index (χ0) is 15.6. The molecule has 0 aromatic carbocycles. The Labute approximate surface area is 121 Å². The Balaban J connectivity index is 3.26. The number of carbonyl (C=O) groups is 2. The second-order valence-electron chi connectivity index (χ2n) is 6.37. The van der Waals surface area contributed by atoms with E-state index in [0.717, 1.165) is 5.57 Å². The van der Waals surface area contributed by atoms with Gasteiger partial charge in [0.15, 0.2) is 5.41 Å². The first-order valence-corrected chi connectivity index (χ1v) is 10.3. The fraction of sp³-hybridized carbons (Fsp3) is 0.600. The van der Waals surface area contributed by atoms with Crippen molar-refractivity contribution < 1.29 is 19.1 Å². The predicted octanol–water partition coefficient (Wildman–Crippen LogP) is 2.72. The molecule has 0 amide bonds. The fourth-order valence-electron chi connectivity index (χ4n) is 2.79. The van der Waals surface area contributed by atoms with E-state index in [4.69, 9.17) is 9.47 Å². The molecule has 0 aliphatic heterocycles. The van der Waals surface area contributed by atoms with Crippen molar-refractivity contribution in [2.75, 3.05) is 14.2 Å². The largest absolute Gasteiger partial charge is 0.468 e. The minimum atomic E-state index is -1.45. The molecule has 1 saturated carbocycles. The summed E-state index contributed by atoms with van der Waals surface area (Å²) in [7, 11) is 1.16. The van der Waals surface area contributed by atoms with Crippen LogP contribution in [0.25, 0.3) is 0 Å². The summed E-state index contributed by atoms with van der Waals surface area (Å²) >= 11 is 0. The maximum absolute atomic E-state index is 12.1. The first kappa shape index (κ1) is 16.7. The summed E-state index contributed by atoms with van der Waals surface area (Å²) in [5, 5.41) is 0. The Bertz CT molecular complexity index is 429. The monoisotopic (exact) mass is 296 g/mol. The third-order valence-electron chi connectivity index (χ3n) is 3.61. The highest BCUT2D eigenvalue weighted by Gasteiger charge is 2.54. The number of methoxy groups -OCH3 is 2. The van der Waals surface area contributed by atoms with Crippen molar-refractivity contribution in [3.8, 4) is 0 Å². The van der Waals surface area contributed by atoms with Gasteiger partial charge in [0.1, 0.15) is 0 Å². The molecule has 1 atom stereocenters. The normalized spacial score (nSPS) is 23.4. The van der Waals surface area contributed by atoms with E-state index in [1.165, 1.54) is 14.2 Å². The molecule has 0 radical (unpaired) electrons. The Morgan fingerprint density at radius 1 is 1.25 bits per heavy atom. The zero-order valence-corrected chi connectivity index (χ0v) is 14.0. The number of carbonyl (C=O) groups excluding carboxylic acids is 2.